The molecule has 0 bridgehead atoms. The van der Waals surface area contributed by atoms with Gasteiger partial charge in [0, 0.05) is 26.1 Å². The van der Waals surface area contributed by atoms with Crippen molar-refractivity contribution in [3.8, 4) is 5.75 Å². The van der Waals surface area contributed by atoms with Crippen LogP contribution in [0.3, 0.4) is 0 Å². The van der Waals surface area contributed by atoms with Crippen molar-refractivity contribution in [2.45, 2.75) is 43.2 Å². The van der Waals surface area contributed by atoms with E-state index < -0.39 is 33.3 Å². The molecule has 214 valence electrons. The maximum absolute atomic E-state index is 13.7. The molecule has 40 heavy (non-hydrogen) atoms. The van der Waals surface area contributed by atoms with Crippen molar-refractivity contribution in [1.29, 1.82) is 0 Å². The summed E-state index contributed by atoms with van der Waals surface area (Å²) in [7, 11) is 0.419. The molecule has 0 saturated heterocycles. The number of nitrogens with one attached hydrogen (secondary N) is 1. The number of Topliss-reactive ketones (excluding diaryl/α,β-unsaturated/α-hetero) is 1. The molecule has 1 N–H and O–H groups in total. The Kier molecular flexibility index (Phi) is 10.2. The van der Waals surface area contributed by atoms with E-state index in [1.54, 1.807) is 27.0 Å². The number of nitrogens with zero attached hydrogens (tertiary/aromatic N) is 1. The normalized spacial score (nSPS) is 12.6. The van der Waals surface area contributed by atoms with Gasteiger partial charge < -0.3 is 14.4 Å². The number of methoxy groups -OCH3 is 2. The van der Waals surface area contributed by atoms with Crippen LogP contribution in [0.15, 0.2) is 77.7 Å². The molecular formula is C30H35FN2O6S. The number of sulfonamides is 1. The molecule has 3 aromatic rings. The number of ether oxygens (including phenoxy) is 2. The Morgan fingerprint density at radius 1 is 0.975 bits per heavy atom. The molecule has 0 saturated carbocycles. The lowest BCUT2D eigenvalue weighted by Gasteiger charge is -2.28. The van der Waals surface area contributed by atoms with Gasteiger partial charge in [-0.3, -0.25) is 9.59 Å². The van der Waals surface area contributed by atoms with Crippen LogP contribution >= 0.6 is 0 Å². The lowest BCUT2D eigenvalue weighted by Crippen LogP contribution is -2.46. The third-order valence-electron chi connectivity index (χ3n) is 6.33. The number of hydrogen-bond acceptors (Lipinski definition) is 6. The highest BCUT2D eigenvalue weighted by Gasteiger charge is 2.30. The molecule has 3 rings (SSSR count). The Morgan fingerprint density at radius 2 is 1.62 bits per heavy atom. The van der Waals surface area contributed by atoms with Crippen LogP contribution in [-0.4, -0.2) is 64.5 Å². The summed E-state index contributed by atoms with van der Waals surface area (Å²) >= 11 is 0. The lowest BCUT2D eigenvalue weighted by atomic mass is 9.96. The summed E-state index contributed by atoms with van der Waals surface area (Å²) in [6, 6.07) is 18.1. The van der Waals surface area contributed by atoms with Crippen LogP contribution in [0.25, 0.3) is 0 Å². The number of benzene rings is 3. The number of halogens is 1. The van der Waals surface area contributed by atoms with Crippen molar-refractivity contribution in [3.63, 3.8) is 0 Å². The second-order valence-corrected chi connectivity index (χ2v) is 11.8. The predicted octanol–water partition coefficient (Wildman–Crippen LogP) is 4.03. The topological polar surface area (TPSA) is 102 Å². The fourth-order valence-corrected chi connectivity index (χ4v) is 5.96. The first-order valence-corrected chi connectivity index (χ1v) is 14.1. The fourth-order valence-electron chi connectivity index (χ4n) is 4.41. The van der Waals surface area contributed by atoms with Crippen molar-refractivity contribution in [2.24, 2.45) is 0 Å². The molecule has 0 spiro atoms. The van der Waals surface area contributed by atoms with Crippen LogP contribution in [0.1, 0.15) is 35.3 Å². The van der Waals surface area contributed by atoms with Crippen LogP contribution in [0.5, 0.6) is 5.75 Å². The van der Waals surface area contributed by atoms with E-state index in [0.29, 0.717) is 5.56 Å². The zero-order valence-electron chi connectivity index (χ0n) is 23.3. The number of hydrogen-bond donors (Lipinski definition) is 1. The van der Waals surface area contributed by atoms with Gasteiger partial charge in [-0.25, -0.2) is 17.5 Å². The molecule has 0 radical (unpaired) electrons. The minimum absolute atomic E-state index is 0.0696. The molecule has 0 aromatic heterocycles. The third-order valence-corrected chi connectivity index (χ3v) is 8.07. The molecule has 1 atom stereocenters. The van der Waals surface area contributed by atoms with Gasteiger partial charge >= 0.3 is 0 Å². The summed E-state index contributed by atoms with van der Waals surface area (Å²) in [6.07, 6.45) is 0.197. The van der Waals surface area contributed by atoms with Crippen molar-refractivity contribution in [1.82, 2.24) is 9.62 Å². The van der Waals surface area contributed by atoms with Crippen LogP contribution < -0.4 is 9.46 Å². The Morgan fingerprint density at radius 3 is 2.23 bits per heavy atom. The highest BCUT2D eigenvalue weighted by Crippen LogP contribution is 2.27. The van der Waals surface area contributed by atoms with Gasteiger partial charge in [0.1, 0.15) is 16.5 Å². The summed E-state index contributed by atoms with van der Waals surface area (Å²) in [6.45, 7) is 3.56. The van der Waals surface area contributed by atoms with Crippen molar-refractivity contribution >= 4 is 21.7 Å². The summed E-state index contributed by atoms with van der Waals surface area (Å²) < 4.78 is 52.7. The van der Waals surface area contributed by atoms with Gasteiger partial charge in [0.05, 0.1) is 25.3 Å². The standard InChI is InChI=1S/C30H35FN2O6S/c1-30(2,20-38-4)32-40(36,37)28-16-11-22(19-27(28)39-5)18-26(34)25(17-21-9-7-6-8-10-21)33(3)29(35)23-12-14-24(31)15-13-23/h6-16,19,25,32H,17-18,20H2,1-5H3/t25-/m0/s1. The van der Waals surface area contributed by atoms with Crippen molar-refractivity contribution in [2.75, 3.05) is 27.9 Å². The van der Waals surface area contributed by atoms with E-state index in [0.717, 1.165) is 5.56 Å². The number of carbonyl (C=O) groups is 2. The van der Waals surface area contributed by atoms with E-state index in [2.05, 4.69) is 4.72 Å². The van der Waals surface area contributed by atoms with E-state index in [4.69, 9.17) is 9.47 Å². The average molecular weight is 571 g/mol. The number of amides is 1. The van der Waals surface area contributed by atoms with Crippen LogP contribution in [0.4, 0.5) is 4.39 Å². The molecule has 0 aliphatic rings. The highest BCUT2D eigenvalue weighted by molar-refractivity contribution is 7.89. The summed E-state index contributed by atoms with van der Waals surface area (Å²) in [4.78, 5) is 28.2. The summed E-state index contributed by atoms with van der Waals surface area (Å²) in [5.41, 5.74) is 0.787. The summed E-state index contributed by atoms with van der Waals surface area (Å²) in [5.74, 6) is -1.05. The summed E-state index contributed by atoms with van der Waals surface area (Å²) in [5, 5.41) is 0. The molecule has 0 heterocycles. The van der Waals surface area contributed by atoms with E-state index in [9.17, 15) is 22.4 Å². The largest absolute Gasteiger partial charge is 0.495 e. The second-order valence-electron chi connectivity index (χ2n) is 10.2. The molecule has 8 nitrogen and oxygen atoms in total. The minimum Gasteiger partial charge on any atom is -0.495 e. The molecule has 0 unspecified atom stereocenters. The van der Waals surface area contributed by atoms with Crippen molar-refractivity contribution < 1.29 is 31.9 Å². The highest BCUT2D eigenvalue weighted by atomic mass is 32.2. The Hall–Kier alpha value is -3.60. The van der Waals surface area contributed by atoms with Crippen LogP contribution in [0, 0.1) is 5.82 Å². The Labute approximate surface area is 235 Å². The SMILES string of the molecule is COCC(C)(C)NS(=O)(=O)c1ccc(CC(=O)[C@H](Cc2ccccc2)N(C)C(=O)c2ccc(F)cc2)cc1OC. The maximum Gasteiger partial charge on any atom is 0.254 e. The van der Waals surface area contributed by atoms with E-state index in [-0.39, 0.29) is 41.4 Å². The first-order valence-electron chi connectivity index (χ1n) is 12.7. The van der Waals surface area contributed by atoms with Gasteiger partial charge in [-0.15, -0.1) is 0 Å². The molecular weight excluding hydrogens is 535 g/mol. The van der Waals surface area contributed by atoms with E-state index >= 15 is 0 Å². The van der Waals surface area contributed by atoms with Crippen LogP contribution in [-0.2, 0) is 32.4 Å². The molecule has 0 aliphatic heterocycles. The quantitative estimate of drug-likeness (QED) is 0.333. The van der Waals surface area contributed by atoms with Gasteiger partial charge in [0.15, 0.2) is 5.78 Å². The second kappa shape index (κ2) is 13.2. The Balaban J connectivity index is 1.89. The Bertz CT molecular complexity index is 1430. The predicted molar refractivity (Wildman–Crippen MR) is 150 cm³/mol. The first kappa shape index (κ1) is 30.9. The number of likely N-dealkylation sites (N-methyl/N-ethyl adjacent to an activating group) is 1. The van der Waals surface area contributed by atoms with Gasteiger partial charge in [0.2, 0.25) is 10.0 Å². The minimum atomic E-state index is -3.96. The molecule has 0 fully saturated rings. The average Bonchev–Trinajstić information content (AvgIpc) is 2.91. The third kappa shape index (κ3) is 7.97. The van der Waals surface area contributed by atoms with Crippen LogP contribution in [0.2, 0.25) is 0 Å². The maximum atomic E-state index is 13.7. The molecule has 0 aliphatic carbocycles. The van der Waals surface area contributed by atoms with Gasteiger partial charge in [-0.2, -0.15) is 0 Å². The number of rotatable bonds is 13. The van der Waals surface area contributed by atoms with E-state index in [1.807, 2.05) is 30.3 Å². The number of ketones is 1. The van der Waals surface area contributed by atoms with Gasteiger partial charge in [0.25, 0.3) is 5.91 Å². The number of carbonyl (C=O) groups excluding carboxylic acids is 2. The molecule has 3 aromatic carbocycles. The zero-order valence-corrected chi connectivity index (χ0v) is 24.1. The molecule has 1 amide bonds. The molecule has 10 heteroatoms. The van der Waals surface area contributed by atoms with E-state index in [1.165, 1.54) is 55.5 Å². The lowest BCUT2D eigenvalue weighted by molar-refractivity contribution is -0.122. The van der Waals surface area contributed by atoms with Gasteiger partial charge in [-0.1, -0.05) is 36.4 Å². The zero-order chi connectivity index (χ0) is 29.5. The smallest absolute Gasteiger partial charge is 0.254 e. The first-order chi connectivity index (χ1) is 18.9. The monoisotopic (exact) mass is 570 g/mol. The van der Waals surface area contributed by atoms with Crippen molar-refractivity contribution in [3.05, 3.63) is 95.3 Å². The fraction of sp³-hybridized carbons (Fsp3) is 0.333. The van der Waals surface area contributed by atoms with Gasteiger partial charge in [-0.05, 0) is 67.8 Å².